The highest BCUT2D eigenvalue weighted by atomic mass is 32.2. The fourth-order valence-corrected chi connectivity index (χ4v) is 6.15. The van der Waals surface area contributed by atoms with Crippen LogP contribution >= 0.6 is 11.8 Å². The van der Waals surface area contributed by atoms with Gasteiger partial charge in [-0.1, -0.05) is 30.0 Å². The van der Waals surface area contributed by atoms with Gasteiger partial charge in [0.05, 0.1) is 12.2 Å². The van der Waals surface area contributed by atoms with E-state index >= 15 is 0 Å². The number of carbonyl (C=O) groups excluding carboxylic acids is 1. The van der Waals surface area contributed by atoms with Crippen molar-refractivity contribution in [2.45, 2.75) is 34.6 Å². The second kappa shape index (κ2) is 10.4. The zero-order valence-corrected chi connectivity index (χ0v) is 19.9. The third kappa shape index (κ3) is 5.38. The van der Waals surface area contributed by atoms with Crippen LogP contribution in [-0.2, 0) is 10.0 Å². The van der Waals surface area contributed by atoms with Gasteiger partial charge in [-0.25, -0.2) is 13.4 Å². The minimum atomic E-state index is -3.72. The summed E-state index contributed by atoms with van der Waals surface area (Å²) in [5, 5.41) is 3.39. The first-order valence-electron chi connectivity index (χ1n) is 10.8. The van der Waals surface area contributed by atoms with Gasteiger partial charge in [0.2, 0.25) is 10.0 Å². The van der Waals surface area contributed by atoms with Crippen LogP contribution in [0.25, 0.3) is 0 Å². The summed E-state index contributed by atoms with van der Waals surface area (Å²) in [6, 6.07) is 17.8. The number of sulfonamides is 1. The van der Waals surface area contributed by atoms with Crippen molar-refractivity contribution in [3.8, 4) is 5.75 Å². The number of hydrogen-bond acceptors (Lipinski definition) is 6. The minimum absolute atomic E-state index is 0.0640. The topological polar surface area (TPSA) is 88.6 Å². The van der Waals surface area contributed by atoms with Crippen LogP contribution in [0.2, 0.25) is 0 Å². The molecule has 0 atom stereocenters. The third-order valence-corrected chi connectivity index (χ3v) is 8.10. The fourth-order valence-electron chi connectivity index (χ4n) is 3.57. The number of carbonyl (C=O) groups is 1. The van der Waals surface area contributed by atoms with E-state index in [4.69, 9.17) is 4.74 Å². The average Bonchev–Trinajstić information content (AvgIpc) is 3.37. The predicted molar refractivity (Wildman–Crippen MR) is 128 cm³/mol. The van der Waals surface area contributed by atoms with Crippen molar-refractivity contribution in [2.75, 3.05) is 25.0 Å². The molecule has 1 N–H and O–H groups in total. The molecular weight excluding hydrogens is 458 g/mol. The van der Waals surface area contributed by atoms with E-state index in [-0.39, 0.29) is 16.6 Å². The van der Waals surface area contributed by atoms with E-state index in [0.29, 0.717) is 36.0 Å². The number of nitrogens with zero attached hydrogens (tertiary/aromatic N) is 2. The van der Waals surface area contributed by atoms with E-state index in [2.05, 4.69) is 10.3 Å². The van der Waals surface area contributed by atoms with Gasteiger partial charge in [0.15, 0.2) is 0 Å². The maximum Gasteiger partial charge on any atom is 0.258 e. The number of pyridine rings is 1. The number of ether oxygens (including phenoxy) is 1. The zero-order valence-electron chi connectivity index (χ0n) is 18.2. The molecule has 1 aliphatic rings. The molecule has 172 valence electrons. The van der Waals surface area contributed by atoms with Crippen molar-refractivity contribution in [3.63, 3.8) is 0 Å². The Hall–Kier alpha value is -2.88. The van der Waals surface area contributed by atoms with Crippen molar-refractivity contribution >= 4 is 33.4 Å². The lowest BCUT2D eigenvalue weighted by Gasteiger charge is -2.19. The molecule has 1 amide bonds. The fraction of sp³-hybridized carbons (Fsp3) is 0.250. The van der Waals surface area contributed by atoms with Crippen LogP contribution in [0.5, 0.6) is 5.75 Å². The molecule has 0 radical (unpaired) electrons. The first-order valence-corrected chi connectivity index (χ1v) is 13.0. The molecule has 1 saturated heterocycles. The van der Waals surface area contributed by atoms with Crippen LogP contribution in [0.3, 0.4) is 0 Å². The molecule has 2 heterocycles. The molecular formula is C24H25N3O4S2. The maximum atomic E-state index is 13.2. The molecule has 1 fully saturated rings. The van der Waals surface area contributed by atoms with Crippen molar-refractivity contribution < 1.29 is 17.9 Å². The standard InChI is InChI=1S/C24H25N3O4S2/c1-2-31-21-13-12-18(17-22(21)33(29,30)27-15-6-7-16-27)26-23(28)20-11-8-14-25-24(20)32-19-9-4-3-5-10-19/h3-5,8-14,17H,2,6-7,15-16H2,1H3,(H,26,28). The molecule has 4 rings (SSSR count). The number of amides is 1. The molecule has 1 aliphatic heterocycles. The SMILES string of the molecule is CCOc1ccc(NC(=O)c2cccnc2Sc2ccccc2)cc1S(=O)(=O)N1CCCC1. The number of hydrogen-bond donors (Lipinski definition) is 1. The lowest BCUT2D eigenvalue weighted by molar-refractivity contribution is 0.102. The van der Waals surface area contributed by atoms with Gasteiger partial charge < -0.3 is 10.1 Å². The Morgan fingerprint density at radius 1 is 1.09 bits per heavy atom. The Kier molecular flexibility index (Phi) is 7.32. The largest absolute Gasteiger partial charge is 0.492 e. The highest BCUT2D eigenvalue weighted by molar-refractivity contribution is 7.99. The van der Waals surface area contributed by atoms with Gasteiger partial charge >= 0.3 is 0 Å². The summed E-state index contributed by atoms with van der Waals surface area (Å²) in [5.41, 5.74) is 0.782. The van der Waals surface area contributed by atoms with Gasteiger partial charge in [-0.05, 0) is 62.2 Å². The van der Waals surface area contributed by atoms with Gasteiger partial charge in [0.1, 0.15) is 15.7 Å². The molecule has 9 heteroatoms. The van der Waals surface area contributed by atoms with Crippen LogP contribution < -0.4 is 10.1 Å². The number of aromatic nitrogens is 1. The highest BCUT2D eigenvalue weighted by Gasteiger charge is 2.30. The van der Waals surface area contributed by atoms with Crippen LogP contribution in [0, 0.1) is 0 Å². The summed E-state index contributed by atoms with van der Waals surface area (Å²) in [6.07, 6.45) is 3.31. The van der Waals surface area contributed by atoms with Gasteiger partial charge in [0.25, 0.3) is 5.91 Å². The Labute approximate surface area is 198 Å². The molecule has 0 spiro atoms. The minimum Gasteiger partial charge on any atom is -0.492 e. The maximum absolute atomic E-state index is 13.2. The molecule has 0 bridgehead atoms. The lowest BCUT2D eigenvalue weighted by Crippen LogP contribution is -2.28. The molecule has 0 saturated carbocycles. The van der Waals surface area contributed by atoms with Crippen molar-refractivity contribution in [1.82, 2.24) is 9.29 Å². The van der Waals surface area contributed by atoms with Crippen LogP contribution in [0.15, 0.2) is 81.7 Å². The van der Waals surface area contributed by atoms with Crippen LogP contribution in [0.1, 0.15) is 30.1 Å². The summed E-state index contributed by atoms with van der Waals surface area (Å²) in [7, 11) is -3.72. The first-order chi connectivity index (χ1) is 16.0. The zero-order chi connectivity index (χ0) is 23.3. The Balaban J connectivity index is 1.61. The molecule has 0 aliphatic carbocycles. The highest BCUT2D eigenvalue weighted by Crippen LogP contribution is 2.33. The monoisotopic (exact) mass is 483 g/mol. The van der Waals surface area contributed by atoms with E-state index in [9.17, 15) is 13.2 Å². The molecule has 33 heavy (non-hydrogen) atoms. The second-order valence-corrected chi connectivity index (χ2v) is 10.4. The average molecular weight is 484 g/mol. The smallest absolute Gasteiger partial charge is 0.258 e. The van der Waals surface area contributed by atoms with Gasteiger partial charge in [-0.2, -0.15) is 4.31 Å². The number of rotatable bonds is 8. The Morgan fingerprint density at radius 3 is 2.58 bits per heavy atom. The third-order valence-electron chi connectivity index (χ3n) is 5.16. The number of benzene rings is 2. The molecule has 7 nitrogen and oxygen atoms in total. The summed E-state index contributed by atoms with van der Waals surface area (Å²) >= 11 is 1.39. The molecule has 2 aromatic carbocycles. The van der Waals surface area contributed by atoms with Crippen molar-refractivity contribution in [1.29, 1.82) is 0 Å². The van der Waals surface area contributed by atoms with Crippen molar-refractivity contribution in [2.24, 2.45) is 0 Å². The van der Waals surface area contributed by atoms with Crippen LogP contribution in [-0.4, -0.2) is 43.3 Å². The quantitative estimate of drug-likeness (QED) is 0.501. The number of nitrogens with one attached hydrogen (secondary N) is 1. The van der Waals surface area contributed by atoms with E-state index in [1.165, 1.54) is 22.1 Å². The van der Waals surface area contributed by atoms with Gasteiger partial charge in [-0.3, -0.25) is 4.79 Å². The summed E-state index contributed by atoms with van der Waals surface area (Å²) in [4.78, 5) is 18.5. The molecule has 3 aromatic rings. The lowest BCUT2D eigenvalue weighted by atomic mass is 10.2. The molecule has 0 unspecified atom stereocenters. The molecule has 1 aromatic heterocycles. The number of anilines is 1. The van der Waals surface area contributed by atoms with E-state index in [0.717, 1.165) is 17.7 Å². The van der Waals surface area contributed by atoms with E-state index in [1.54, 1.807) is 37.4 Å². The van der Waals surface area contributed by atoms with Gasteiger partial charge in [-0.15, -0.1) is 0 Å². The van der Waals surface area contributed by atoms with E-state index < -0.39 is 10.0 Å². The normalized spacial score (nSPS) is 14.2. The summed E-state index contributed by atoms with van der Waals surface area (Å²) in [5.74, 6) is -0.0840. The van der Waals surface area contributed by atoms with Crippen molar-refractivity contribution in [3.05, 3.63) is 72.4 Å². The van der Waals surface area contributed by atoms with Crippen LogP contribution in [0.4, 0.5) is 5.69 Å². The first kappa shape index (κ1) is 23.3. The Bertz CT molecular complexity index is 1230. The summed E-state index contributed by atoms with van der Waals surface area (Å²) in [6.45, 7) is 3.11. The Morgan fingerprint density at radius 2 is 1.85 bits per heavy atom. The van der Waals surface area contributed by atoms with E-state index in [1.807, 2.05) is 30.3 Å². The second-order valence-electron chi connectivity index (χ2n) is 7.43. The summed E-state index contributed by atoms with van der Waals surface area (Å²) < 4.78 is 33.5. The predicted octanol–water partition coefficient (Wildman–Crippen LogP) is 4.67. The van der Waals surface area contributed by atoms with Gasteiger partial charge in [0, 0.05) is 29.9 Å².